The molecule has 0 radical (unpaired) electrons. The number of aliphatic hydroxyl groups excluding tert-OH is 1. The molecule has 1 N–H and O–H groups in total. The summed E-state index contributed by atoms with van der Waals surface area (Å²) in [5.41, 5.74) is 1.59. The molecule has 26 heavy (non-hydrogen) atoms. The van der Waals surface area contributed by atoms with Crippen LogP contribution >= 0.6 is 11.6 Å². The Morgan fingerprint density at radius 3 is 2.85 bits per heavy atom. The van der Waals surface area contributed by atoms with E-state index in [0.29, 0.717) is 36.2 Å². The SMILES string of the molecule is Cc1cc(C[C@@H]2CN(Cc3nc(-c4ccccc4Cl)no3)C[C@H]2O)on1. The zero-order valence-corrected chi connectivity index (χ0v) is 15.1. The molecule has 0 bridgehead atoms. The first-order chi connectivity index (χ1) is 12.6. The summed E-state index contributed by atoms with van der Waals surface area (Å²) < 4.78 is 10.6. The van der Waals surface area contributed by atoms with Crippen molar-refractivity contribution in [3.05, 3.63) is 52.7 Å². The summed E-state index contributed by atoms with van der Waals surface area (Å²) in [6.45, 7) is 3.66. The maximum absolute atomic E-state index is 10.3. The van der Waals surface area contributed by atoms with Gasteiger partial charge in [0.05, 0.1) is 23.4 Å². The Morgan fingerprint density at radius 1 is 1.23 bits per heavy atom. The highest BCUT2D eigenvalue weighted by Crippen LogP contribution is 2.26. The van der Waals surface area contributed by atoms with E-state index < -0.39 is 6.10 Å². The van der Waals surface area contributed by atoms with Crippen LogP contribution in [0.2, 0.25) is 5.02 Å². The number of aliphatic hydroxyl groups is 1. The smallest absolute Gasteiger partial charge is 0.241 e. The van der Waals surface area contributed by atoms with Crippen molar-refractivity contribution >= 4 is 11.6 Å². The van der Waals surface area contributed by atoms with E-state index in [1.165, 1.54) is 0 Å². The summed E-state index contributed by atoms with van der Waals surface area (Å²) in [6.07, 6.45) is 0.235. The van der Waals surface area contributed by atoms with Gasteiger partial charge in [-0.3, -0.25) is 4.90 Å². The van der Waals surface area contributed by atoms with Crippen molar-refractivity contribution in [2.24, 2.45) is 5.92 Å². The second kappa shape index (κ2) is 7.19. The van der Waals surface area contributed by atoms with Gasteiger partial charge in [-0.1, -0.05) is 34.0 Å². The molecule has 3 heterocycles. The molecule has 4 rings (SSSR count). The van der Waals surface area contributed by atoms with Crippen LogP contribution in [0.5, 0.6) is 0 Å². The van der Waals surface area contributed by atoms with E-state index in [9.17, 15) is 5.11 Å². The Kier molecular flexibility index (Phi) is 4.76. The molecule has 3 aromatic rings. The van der Waals surface area contributed by atoms with Crippen LogP contribution in [0.1, 0.15) is 17.3 Å². The summed E-state index contributed by atoms with van der Waals surface area (Å²) in [5.74, 6) is 1.86. The third kappa shape index (κ3) is 3.65. The summed E-state index contributed by atoms with van der Waals surface area (Å²) in [4.78, 5) is 6.53. The van der Waals surface area contributed by atoms with Crippen LogP contribution in [-0.4, -0.2) is 44.5 Å². The van der Waals surface area contributed by atoms with E-state index in [1.54, 1.807) is 6.07 Å². The molecule has 136 valence electrons. The molecule has 0 amide bonds. The van der Waals surface area contributed by atoms with Crippen LogP contribution in [0.15, 0.2) is 39.4 Å². The summed E-state index contributed by atoms with van der Waals surface area (Å²) in [7, 11) is 0. The standard InChI is InChI=1S/C18H19ClN4O3/c1-11-6-13(25-21-11)7-12-8-23(9-16(12)24)10-17-20-18(22-26-17)14-4-2-3-5-15(14)19/h2-6,12,16,24H,7-10H2,1H3/t12-,16-/m1/s1. The molecule has 1 saturated heterocycles. The lowest BCUT2D eigenvalue weighted by Crippen LogP contribution is -2.21. The molecule has 1 fully saturated rings. The number of hydrogen-bond acceptors (Lipinski definition) is 7. The van der Waals surface area contributed by atoms with E-state index >= 15 is 0 Å². The molecule has 8 heteroatoms. The van der Waals surface area contributed by atoms with Gasteiger partial charge in [0.1, 0.15) is 5.76 Å². The minimum absolute atomic E-state index is 0.0910. The highest BCUT2D eigenvalue weighted by atomic mass is 35.5. The second-order valence-corrected chi connectivity index (χ2v) is 7.06. The normalized spacial score (nSPS) is 20.7. The summed E-state index contributed by atoms with van der Waals surface area (Å²) in [5, 5.41) is 18.8. The molecule has 0 spiro atoms. The van der Waals surface area contributed by atoms with Crippen LogP contribution in [0.25, 0.3) is 11.4 Å². The van der Waals surface area contributed by atoms with Crippen molar-refractivity contribution in [2.45, 2.75) is 26.0 Å². The first kappa shape index (κ1) is 17.2. The first-order valence-corrected chi connectivity index (χ1v) is 8.86. The Morgan fingerprint density at radius 2 is 2.08 bits per heavy atom. The average Bonchev–Trinajstić information content (AvgIpc) is 3.31. The van der Waals surface area contributed by atoms with Gasteiger partial charge in [-0.05, 0) is 19.1 Å². The minimum atomic E-state index is -0.425. The van der Waals surface area contributed by atoms with Gasteiger partial charge in [-0.15, -0.1) is 0 Å². The number of benzene rings is 1. The number of rotatable bonds is 5. The number of hydrogen-bond donors (Lipinski definition) is 1. The lowest BCUT2D eigenvalue weighted by Gasteiger charge is -2.12. The van der Waals surface area contributed by atoms with E-state index in [2.05, 4.69) is 20.2 Å². The fourth-order valence-electron chi connectivity index (χ4n) is 3.30. The van der Waals surface area contributed by atoms with Gasteiger partial charge in [0.2, 0.25) is 11.7 Å². The molecular formula is C18H19ClN4O3. The second-order valence-electron chi connectivity index (χ2n) is 6.65. The molecule has 1 aliphatic rings. The largest absolute Gasteiger partial charge is 0.391 e. The third-order valence-electron chi connectivity index (χ3n) is 4.56. The molecular weight excluding hydrogens is 356 g/mol. The van der Waals surface area contributed by atoms with Crippen LogP contribution in [0.4, 0.5) is 0 Å². The number of likely N-dealkylation sites (tertiary alicyclic amines) is 1. The van der Waals surface area contributed by atoms with Gasteiger partial charge in [-0.25, -0.2) is 0 Å². The third-order valence-corrected chi connectivity index (χ3v) is 4.89. The highest BCUT2D eigenvalue weighted by Gasteiger charge is 2.33. The van der Waals surface area contributed by atoms with Gasteiger partial charge in [0.25, 0.3) is 0 Å². The van der Waals surface area contributed by atoms with Crippen LogP contribution in [-0.2, 0) is 13.0 Å². The van der Waals surface area contributed by atoms with E-state index in [4.69, 9.17) is 20.6 Å². The Labute approximate surface area is 155 Å². The van der Waals surface area contributed by atoms with Crippen molar-refractivity contribution in [2.75, 3.05) is 13.1 Å². The minimum Gasteiger partial charge on any atom is -0.391 e. The first-order valence-electron chi connectivity index (χ1n) is 8.48. The van der Waals surface area contributed by atoms with Gasteiger partial charge < -0.3 is 14.2 Å². The molecule has 0 saturated carbocycles. The van der Waals surface area contributed by atoms with Crippen molar-refractivity contribution < 1.29 is 14.2 Å². The fourth-order valence-corrected chi connectivity index (χ4v) is 3.52. The lowest BCUT2D eigenvalue weighted by molar-refractivity contribution is 0.136. The topological polar surface area (TPSA) is 88.4 Å². The van der Waals surface area contributed by atoms with E-state index in [0.717, 1.165) is 23.6 Å². The van der Waals surface area contributed by atoms with Crippen LogP contribution in [0, 0.1) is 12.8 Å². The molecule has 1 aliphatic heterocycles. The van der Waals surface area contributed by atoms with E-state index in [-0.39, 0.29) is 5.92 Å². The summed E-state index contributed by atoms with van der Waals surface area (Å²) >= 11 is 6.18. The maximum atomic E-state index is 10.3. The molecule has 1 aromatic carbocycles. The quantitative estimate of drug-likeness (QED) is 0.734. The predicted molar refractivity (Wildman–Crippen MR) is 94.5 cm³/mol. The Bertz CT molecular complexity index is 894. The van der Waals surface area contributed by atoms with Crippen LogP contribution in [0.3, 0.4) is 0 Å². The van der Waals surface area contributed by atoms with Crippen LogP contribution < -0.4 is 0 Å². The monoisotopic (exact) mass is 374 g/mol. The van der Waals surface area contributed by atoms with Gasteiger partial charge in [-0.2, -0.15) is 4.98 Å². The molecule has 0 aliphatic carbocycles. The highest BCUT2D eigenvalue weighted by molar-refractivity contribution is 6.33. The molecule has 0 unspecified atom stereocenters. The number of β-amino-alcohol motifs (C(OH)–C–C–N with tert-alkyl or cyclic N) is 1. The number of aromatic nitrogens is 3. The Hall–Kier alpha value is -2.22. The van der Waals surface area contributed by atoms with Crippen molar-refractivity contribution in [3.8, 4) is 11.4 Å². The Balaban J connectivity index is 1.40. The zero-order chi connectivity index (χ0) is 18.1. The van der Waals surface area contributed by atoms with Crippen molar-refractivity contribution in [1.29, 1.82) is 0 Å². The van der Waals surface area contributed by atoms with Crippen molar-refractivity contribution in [3.63, 3.8) is 0 Å². The number of halogens is 1. The van der Waals surface area contributed by atoms with Gasteiger partial charge >= 0.3 is 0 Å². The molecule has 7 nitrogen and oxygen atoms in total. The van der Waals surface area contributed by atoms with Gasteiger partial charge in [0, 0.05) is 37.1 Å². The lowest BCUT2D eigenvalue weighted by atomic mass is 10.0. The molecule has 2 atom stereocenters. The van der Waals surface area contributed by atoms with Gasteiger partial charge in [0.15, 0.2) is 0 Å². The van der Waals surface area contributed by atoms with Crippen molar-refractivity contribution in [1.82, 2.24) is 20.2 Å². The predicted octanol–water partition coefficient (Wildman–Crippen LogP) is 2.72. The zero-order valence-electron chi connectivity index (χ0n) is 14.3. The number of aryl methyl sites for hydroxylation is 1. The number of nitrogens with zero attached hydrogens (tertiary/aromatic N) is 4. The summed E-state index contributed by atoms with van der Waals surface area (Å²) in [6, 6.07) is 9.29. The van der Waals surface area contributed by atoms with E-state index in [1.807, 2.05) is 31.2 Å². The average molecular weight is 375 g/mol. The fraction of sp³-hybridized carbons (Fsp3) is 0.389. The maximum Gasteiger partial charge on any atom is 0.241 e. The molecule has 2 aromatic heterocycles.